The fourth-order valence-corrected chi connectivity index (χ4v) is 7.62. The van der Waals surface area contributed by atoms with Gasteiger partial charge in [0.15, 0.2) is 0 Å². The van der Waals surface area contributed by atoms with E-state index in [0.29, 0.717) is 0 Å². The second-order valence-electron chi connectivity index (χ2n) is 13.0. The Morgan fingerprint density at radius 1 is 0.540 bits per heavy atom. The Bertz CT molecular complexity index is 2540. The maximum absolute atomic E-state index is 4.77. The number of fused-ring (bicyclic) bond motifs is 4. The first-order chi connectivity index (χ1) is 24.7. The van der Waals surface area contributed by atoms with E-state index in [-0.39, 0.29) is 0 Å². The molecule has 2 nitrogen and oxygen atoms in total. The Morgan fingerprint density at radius 3 is 2.12 bits per heavy atom. The molecule has 0 amide bonds. The number of allylic oxidation sites excluding steroid dienone is 8. The molecule has 0 saturated carbocycles. The third kappa shape index (κ3) is 5.14. The van der Waals surface area contributed by atoms with Crippen LogP contribution in [0.25, 0.3) is 55.3 Å². The third-order valence-electron chi connectivity index (χ3n) is 10.0. The highest BCUT2D eigenvalue weighted by Crippen LogP contribution is 2.44. The van der Waals surface area contributed by atoms with Crippen molar-refractivity contribution in [2.45, 2.75) is 12.8 Å². The van der Waals surface area contributed by atoms with E-state index in [1.807, 2.05) is 0 Å². The van der Waals surface area contributed by atoms with Gasteiger partial charge < -0.3 is 9.47 Å². The zero-order chi connectivity index (χ0) is 33.4. The van der Waals surface area contributed by atoms with E-state index in [9.17, 15) is 0 Å². The SMILES string of the molecule is C=C1/C(c2cccc3c2c2ccccc2n3-c2ccc(-c3ccccc3)cc2)=C\C=C/N(c2cccc(C3=CC=CCC3)c2)c2ccccc21. The van der Waals surface area contributed by atoms with Crippen LogP contribution in [0.1, 0.15) is 29.5 Å². The minimum Gasteiger partial charge on any atom is -0.317 e. The van der Waals surface area contributed by atoms with Crippen LogP contribution in [0.3, 0.4) is 0 Å². The molecule has 7 aromatic rings. The summed E-state index contributed by atoms with van der Waals surface area (Å²) in [6.07, 6.45) is 15.4. The van der Waals surface area contributed by atoms with Gasteiger partial charge in [-0.15, -0.1) is 0 Å². The zero-order valence-electron chi connectivity index (χ0n) is 27.8. The minimum atomic E-state index is 1.00. The molecule has 238 valence electrons. The van der Waals surface area contributed by atoms with Gasteiger partial charge in [0.25, 0.3) is 0 Å². The van der Waals surface area contributed by atoms with Crippen molar-refractivity contribution < 1.29 is 0 Å². The lowest BCUT2D eigenvalue weighted by atomic mass is 9.88. The van der Waals surface area contributed by atoms with Crippen molar-refractivity contribution in [1.82, 2.24) is 4.57 Å². The van der Waals surface area contributed by atoms with Crippen LogP contribution in [0.2, 0.25) is 0 Å². The molecule has 0 N–H and O–H groups in total. The summed E-state index contributed by atoms with van der Waals surface area (Å²) >= 11 is 0. The van der Waals surface area contributed by atoms with Gasteiger partial charge in [-0.05, 0) is 100 Å². The lowest BCUT2D eigenvalue weighted by molar-refractivity contribution is 1.05. The van der Waals surface area contributed by atoms with Crippen molar-refractivity contribution in [2.75, 3.05) is 4.90 Å². The molecular formula is C48H36N2. The van der Waals surface area contributed by atoms with E-state index < -0.39 is 0 Å². The summed E-state index contributed by atoms with van der Waals surface area (Å²) in [6, 6.07) is 52.4. The lowest BCUT2D eigenvalue weighted by Gasteiger charge is -2.27. The number of aromatic nitrogens is 1. The van der Waals surface area contributed by atoms with Gasteiger partial charge in [0.2, 0.25) is 0 Å². The second-order valence-corrected chi connectivity index (χ2v) is 13.0. The van der Waals surface area contributed by atoms with Crippen LogP contribution in [-0.4, -0.2) is 4.57 Å². The molecular weight excluding hydrogens is 605 g/mol. The number of nitrogens with zero attached hydrogens (tertiary/aromatic N) is 2. The van der Waals surface area contributed by atoms with Crippen LogP contribution in [-0.2, 0) is 0 Å². The molecule has 0 bridgehead atoms. The van der Waals surface area contributed by atoms with Crippen molar-refractivity contribution in [3.8, 4) is 16.8 Å². The van der Waals surface area contributed by atoms with Crippen LogP contribution in [0.15, 0.2) is 189 Å². The fraction of sp³-hybridized carbons (Fsp3) is 0.0417. The van der Waals surface area contributed by atoms with Crippen LogP contribution in [0, 0.1) is 0 Å². The smallest absolute Gasteiger partial charge is 0.0547 e. The van der Waals surface area contributed by atoms with Gasteiger partial charge in [-0.1, -0.05) is 134 Å². The lowest BCUT2D eigenvalue weighted by Crippen LogP contribution is -2.12. The van der Waals surface area contributed by atoms with Crippen LogP contribution in [0.5, 0.6) is 0 Å². The Hall–Kier alpha value is -6.38. The number of hydrogen-bond donors (Lipinski definition) is 0. The highest BCUT2D eigenvalue weighted by molar-refractivity contribution is 6.19. The average molecular weight is 641 g/mol. The Kier molecular flexibility index (Phi) is 7.48. The van der Waals surface area contributed by atoms with Crippen molar-refractivity contribution in [3.05, 3.63) is 205 Å². The standard InChI is InChI=1S/C48H36N2/c1-34-41(24-14-32-49(45-25-10-8-21-42(34)45)40-20-12-19-38(33-40)36-17-6-3-7-18-36)43-23-13-27-47-48(43)44-22-9-11-26-46(44)50(47)39-30-28-37(29-31-39)35-15-4-2-5-16-35/h2-6,8-17,19-33H,1,7,18H2/b32-14-,41-24+. The molecule has 50 heavy (non-hydrogen) atoms. The maximum atomic E-state index is 4.77. The van der Waals surface area contributed by atoms with Crippen LogP contribution < -0.4 is 4.90 Å². The first-order valence-electron chi connectivity index (χ1n) is 17.4. The monoisotopic (exact) mass is 640 g/mol. The molecule has 0 unspecified atom stereocenters. The predicted octanol–water partition coefficient (Wildman–Crippen LogP) is 12.9. The molecule has 0 spiro atoms. The fourth-order valence-electron chi connectivity index (χ4n) is 7.62. The van der Waals surface area contributed by atoms with Crippen molar-refractivity contribution in [2.24, 2.45) is 0 Å². The molecule has 1 aliphatic heterocycles. The van der Waals surface area contributed by atoms with Crippen LogP contribution in [0.4, 0.5) is 11.4 Å². The summed E-state index contributed by atoms with van der Waals surface area (Å²) in [7, 11) is 0. The van der Waals surface area contributed by atoms with Gasteiger partial charge in [0.1, 0.15) is 0 Å². The van der Waals surface area contributed by atoms with Gasteiger partial charge in [-0.25, -0.2) is 0 Å². The van der Waals surface area contributed by atoms with Gasteiger partial charge in [0, 0.05) is 33.9 Å². The Labute approximate surface area is 293 Å². The number of rotatable bonds is 5. The van der Waals surface area contributed by atoms with Crippen LogP contribution >= 0.6 is 0 Å². The summed E-state index contributed by atoms with van der Waals surface area (Å²) in [5, 5.41) is 2.46. The highest BCUT2D eigenvalue weighted by Gasteiger charge is 2.22. The normalized spacial score (nSPS) is 16.0. The highest BCUT2D eigenvalue weighted by atomic mass is 15.1. The number of hydrogen-bond acceptors (Lipinski definition) is 1. The van der Waals surface area contributed by atoms with E-state index in [1.165, 1.54) is 49.6 Å². The summed E-state index contributed by atoms with van der Waals surface area (Å²) in [5.41, 5.74) is 15.2. The number of benzene rings is 6. The molecule has 0 atom stereocenters. The molecule has 6 aromatic carbocycles. The van der Waals surface area contributed by atoms with Gasteiger partial charge in [-0.3, -0.25) is 0 Å². The van der Waals surface area contributed by atoms with Gasteiger partial charge >= 0.3 is 0 Å². The van der Waals surface area contributed by atoms with E-state index in [2.05, 4.69) is 192 Å². The van der Waals surface area contributed by atoms with E-state index in [0.717, 1.165) is 46.6 Å². The Morgan fingerprint density at radius 2 is 1.26 bits per heavy atom. The Balaban J connectivity index is 1.18. The largest absolute Gasteiger partial charge is 0.317 e. The quantitative estimate of drug-likeness (QED) is 0.182. The zero-order valence-corrected chi connectivity index (χ0v) is 27.8. The average Bonchev–Trinajstić information content (AvgIpc) is 3.53. The molecule has 0 saturated heterocycles. The topological polar surface area (TPSA) is 8.17 Å². The molecule has 9 rings (SSSR count). The van der Waals surface area contributed by atoms with Gasteiger partial charge in [0.05, 0.1) is 16.7 Å². The molecule has 2 heteroatoms. The summed E-state index contributed by atoms with van der Waals surface area (Å²) in [4.78, 5) is 2.29. The maximum Gasteiger partial charge on any atom is 0.0547 e. The van der Waals surface area contributed by atoms with E-state index in [4.69, 9.17) is 6.58 Å². The summed E-state index contributed by atoms with van der Waals surface area (Å²) in [6.45, 7) is 4.77. The predicted molar refractivity (Wildman–Crippen MR) is 214 cm³/mol. The van der Waals surface area contributed by atoms with E-state index >= 15 is 0 Å². The molecule has 1 aromatic heterocycles. The second kappa shape index (κ2) is 12.6. The van der Waals surface area contributed by atoms with Crippen molar-refractivity contribution >= 4 is 49.9 Å². The first kappa shape index (κ1) is 29.7. The number of para-hydroxylation sites is 2. The molecule has 2 heterocycles. The summed E-state index contributed by atoms with van der Waals surface area (Å²) < 4.78 is 2.39. The third-order valence-corrected chi connectivity index (χ3v) is 10.0. The molecule has 0 radical (unpaired) electrons. The first-order valence-corrected chi connectivity index (χ1v) is 17.4. The minimum absolute atomic E-state index is 1.00. The van der Waals surface area contributed by atoms with Gasteiger partial charge in [-0.2, -0.15) is 0 Å². The molecule has 2 aliphatic rings. The molecule has 1 aliphatic carbocycles. The summed E-state index contributed by atoms with van der Waals surface area (Å²) in [5.74, 6) is 0. The van der Waals surface area contributed by atoms with E-state index in [1.54, 1.807) is 0 Å². The van der Waals surface area contributed by atoms with Crippen molar-refractivity contribution in [3.63, 3.8) is 0 Å². The van der Waals surface area contributed by atoms with Crippen molar-refractivity contribution in [1.29, 1.82) is 0 Å². The number of anilines is 2. The molecule has 0 fully saturated rings.